The van der Waals surface area contributed by atoms with Gasteiger partial charge in [0.1, 0.15) is 17.7 Å². The smallest absolute Gasteiger partial charge is 0.129 e. The molecule has 2 N–H and O–H groups in total. The lowest BCUT2D eigenvalue weighted by atomic mass is 9.67. The minimum Gasteiger partial charge on any atom is -0.393 e. The van der Waals surface area contributed by atoms with Gasteiger partial charge < -0.3 is 10.2 Å². The van der Waals surface area contributed by atoms with E-state index in [0.29, 0.717) is 17.8 Å². The van der Waals surface area contributed by atoms with Crippen molar-refractivity contribution in [3.63, 3.8) is 0 Å². The van der Waals surface area contributed by atoms with Gasteiger partial charge in [-0.3, -0.25) is 0 Å². The molecule has 5 heteroatoms. The van der Waals surface area contributed by atoms with E-state index in [-0.39, 0.29) is 17.8 Å². The maximum atomic E-state index is 13.7. The van der Waals surface area contributed by atoms with Crippen LogP contribution >= 0.6 is 0 Å². The third-order valence-electron chi connectivity index (χ3n) is 5.03. The Morgan fingerprint density at radius 3 is 2.46 bits per heavy atom. The molecule has 24 heavy (non-hydrogen) atoms. The largest absolute Gasteiger partial charge is 0.393 e. The molecule has 1 aromatic heterocycles. The Hall–Kier alpha value is -1.85. The Kier molecular flexibility index (Phi) is 5.21. The van der Waals surface area contributed by atoms with E-state index in [1.807, 2.05) is 6.07 Å². The second-order valence-electron chi connectivity index (χ2n) is 6.66. The Morgan fingerprint density at radius 2 is 1.83 bits per heavy atom. The van der Waals surface area contributed by atoms with E-state index < -0.39 is 6.10 Å². The van der Waals surface area contributed by atoms with Gasteiger partial charge in [0.15, 0.2) is 0 Å². The van der Waals surface area contributed by atoms with Gasteiger partial charge in [0.25, 0.3) is 0 Å². The van der Waals surface area contributed by atoms with Crippen LogP contribution in [0.2, 0.25) is 0 Å². The lowest BCUT2D eigenvalue weighted by Crippen LogP contribution is -2.32. The van der Waals surface area contributed by atoms with Crippen LogP contribution in [0.15, 0.2) is 36.7 Å². The average molecular weight is 330 g/mol. The maximum Gasteiger partial charge on any atom is 0.129 e. The van der Waals surface area contributed by atoms with Crippen molar-refractivity contribution in [2.75, 3.05) is 6.61 Å². The number of nitrogens with zero attached hydrogens (tertiary/aromatic N) is 2. The molecule has 1 heterocycles. The summed E-state index contributed by atoms with van der Waals surface area (Å²) in [6.07, 6.45) is 8.28. The van der Waals surface area contributed by atoms with Crippen LogP contribution in [0, 0.1) is 5.82 Å². The van der Waals surface area contributed by atoms with Crippen LogP contribution in [0.3, 0.4) is 0 Å². The van der Waals surface area contributed by atoms with Crippen molar-refractivity contribution in [2.24, 2.45) is 0 Å². The van der Waals surface area contributed by atoms with Crippen molar-refractivity contribution in [2.45, 2.75) is 50.0 Å². The van der Waals surface area contributed by atoms with Crippen LogP contribution in [-0.2, 0) is 11.8 Å². The minimum absolute atomic E-state index is 0.128. The number of hydrogen-bond acceptors (Lipinski definition) is 4. The van der Waals surface area contributed by atoms with E-state index in [2.05, 4.69) is 9.97 Å². The van der Waals surface area contributed by atoms with Gasteiger partial charge in [-0.15, -0.1) is 0 Å². The average Bonchev–Trinajstić information content (AvgIpc) is 2.62. The normalized spacial score (nSPS) is 18.3. The molecule has 0 amide bonds. The maximum absolute atomic E-state index is 13.7. The number of rotatable bonds is 5. The summed E-state index contributed by atoms with van der Waals surface area (Å²) >= 11 is 0. The molecule has 1 aromatic carbocycles. The van der Waals surface area contributed by atoms with Crippen molar-refractivity contribution < 1.29 is 14.6 Å². The Morgan fingerprint density at radius 1 is 1.12 bits per heavy atom. The summed E-state index contributed by atoms with van der Waals surface area (Å²) < 4.78 is 13.7. The Bertz CT molecular complexity index is 669. The summed E-state index contributed by atoms with van der Waals surface area (Å²) in [6.45, 7) is -0.351. The lowest BCUT2D eigenvalue weighted by molar-refractivity contribution is 0.0949. The van der Waals surface area contributed by atoms with Gasteiger partial charge in [-0.25, -0.2) is 14.4 Å². The number of benzene rings is 1. The first-order valence-electron chi connectivity index (χ1n) is 8.49. The van der Waals surface area contributed by atoms with Gasteiger partial charge >= 0.3 is 0 Å². The SMILES string of the molecule is OCC(O)c1cnc(CC2(c3cccc(F)c3)CCCCC2)nc1. The first-order chi connectivity index (χ1) is 11.6. The van der Waals surface area contributed by atoms with Gasteiger partial charge in [0.05, 0.1) is 6.61 Å². The molecule has 4 nitrogen and oxygen atoms in total. The van der Waals surface area contributed by atoms with Crippen LogP contribution in [0.1, 0.15) is 55.2 Å². The second-order valence-corrected chi connectivity index (χ2v) is 6.66. The van der Waals surface area contributed by atoms with E-state index in [4.69, 9.17) is 5.11 Å². The molecule has 0 saturated heterocycles. The molecule has 128 valence electrons. The molecule has 0 spiro atoms. The standard InChI is InChI=1S/C19H23FN2O2/c20-16-6-4-5-15(9-16)19(7-2-1-3-8-19)10-18-21-11-14(12-22-18)17(24)13-23/h4-6,9,11-12,17,23-24H,1-3,7-8,10,13H2. The highest BCUT2D eigenvalue weighted by Crippen LogP contribution is 2.41. The van der Waals surface area contributed by atoms with Gasteiger partial charge in [-0.1, -0.05) is 31.4 Å². The van der Waals surface area contributed by atoms with Crippen LogP contribution < -0.4 is 0 Å². The highest BCUT2D eigenvalue weighted by Gasteiger charge is 2.35. The minimum atomic E-state index is -0.953. The lowest BCUT2D eigenvalue weighted by Gasteiger charge is -2.37. The monoisotopic (exact) mass is 330 g/mol. The van der Waals surface area contributed by atoms with E-state index in [1.165, 1.54) is 12.5 Å². The molecular weight excluding hydrogens is 307 g/mol. The van der Waals surface area contributed by atoms with Crippen molar-refractivity contribution >= 4 is 0 Å². The zero-order valence-corrected chi connectivity index (χ0v) is 13.7. The van der Waals surface area contributed by atoms with Crippen molar-refractivity contribution in [1.29, 1.82) is 0 Å². The van der Waals surface area contributed by atoms with E-state index in [1.54, 1.807) is 24.5 Å². The van der Waals surface area contributed by atoms with Crippen LogP contribution in [0.5, 0.6) is 0 Å². The molecule has 1 unspecified atom stereocenters. The summed E-state index contributed by atoms with van der Waals surface area (Å²) in [5, 5.41) is 18.6. The van der Waals surface area contributed by atoms with Crippen molar-refractivity contribution in [3.05, 3.63) is 59.4 Å². The summed E-state index contributed by atoms with van der Waals surface area (Å²) in [5.41, 5.74) is 1.40. The Labute approximate surface area is 141 Å². The first-order valence-corrected chi connectivity index (χ1v) is 8.49. The highest BCUT2D eigenvalue weighted by atomic mass is 19.1. The fourth-order valence-corrected chi connectivity index (χ4v) is 3.65. The van der Waals surface area contributed by atoms with Crippen molar-refractivity contribution in [1.82, 2.24) is 9.97 Å². The predicted molar refractivity (Wildman–Crippen MR) is 88.9 cm³/mol. The van der Waals surface area contributed by atoms with Crippen LogP contribution in [0.4, 0.5) is 4.39 Å². The molecule has 0 radical (unpaired) electrons. The second kappa shape index (κ2) is 7.36. The number of aliphatic hydroxyl groups is 2. The van der Waals surface area contributed by atoms with Crippen LogP contribution in [-0.4, -0.2) is 26.8 Å². The fraction of sp³-hybridized carbons (Fsp3) is 0.474. The molecule has 1 aliphatic carbocycles. The summed E-state index contributed by atoms with van der Waals surface area (Å²) in [5.74, 6) is 0.481. The quantitative estimate of drug-likeness (QED) is 0.884. The first kappa shape index (κ1) is 17.0. The zero-order valence-electron chi connectivity index (χ0n) is 13.7. The molecular formula is C19H23FN2O2. The molecule has 2 aromatic rings. The third-order valence-corrected chi connectivity index (χ3v) is 5.03. The van der Waals surface area contributed by atoms with Gasteiger partial charge in [-0.2, -0.15) is 0 Å². The molecule has 1 saturated carbocycles. The van der Waals surface area contributed by atoms with Gasteiger partial charge in [-0.05, 0) is 30.5 Å². The summed E-state index contributed by atoms with van der Waals surface area (Å²) in [6, 6.07) is 6.87. The molecule has 1 atom stereocenters. The molecule has 3 rings (SSSR count). The number of aromatic nitrogens is 2. The molecule has 1 fully saturated rings. The van der Waals surface area contributed by atoms with E-state index in [0.717, 1.165) is 31.2 Å². The van der Waals surface area contributed by atoms with Gasteiger partial charge in [0, 0.05) is 29.8 Å². The highest BCUT2D eigenvalue weighted by molar-refractivity contribution is 5.28. The molecule has 1 aliphatic rings. The van der Waals surface area contributed by atoms with Gasteiger partial charge in [0.2, 0.25) is 0 Å². The van der Waals surface area contributed by atoms with Crippen LogP contribution in [0.25, 0.3) is 0 Å². The van der Waals surface area contributed by atoms with E-state index in [9.17, 15) is 9.50 Å². The fourth-order valence-electron chi connectivity index (χ4n) is 3.65. The number of halogens is 1. The summed E-state index contributed by atoms with van der Waals surface area (Å²) in [4.78, 5) is 8.72. The van der Waals surface area contributed by atoms with Crippen molar-refractivity contribution in [3.8, 4) is 0 Å². The van der Waals surface area contributed by atoms with E-state index >= 15 is 0 Å². The Balaban J connectivity index is 1.87. The number of aliphatic hydroxyl groups excluding tert-OH is 2. The molecule has 0 bridgehead atoms. The number of hydrogen-bond donors (Lipinski definition) is 2. The molecule has 0 aliphatic heterocycles. The predicted octanol–water partition coefficient (Wildman–Crippen LogP) is 3.09. The zero-order chi connectivity index (χ0) is 17.0. The summed E-state index contributed by atoms with van der Waals surface area (Å²) in [7, 11) is 0. The topological polar surface area (TPSA) is 66.2 Å². The third kappa shape index (κ3) is 3.62.